The van der Waals surface area contributed by atoms with Crippen LogP contribution in [0.2, 0.25) is 0 Å². The number of methoxy groups -OCH3 is 1. The lowest BCUT2D eigenvalue weighted by Crippen LogP contribution is -2.32. The van der Waals surface area contributed by atoms with Gasteiger partial charge in [0, 0.05) is 35.8 Å². The quantitative estimate of drug-likeness (QED) is 0.158. The van der Waals surface area contributed by atoms with Crippen LogP contribution in [0.1, 0.15) is 55.6 Å². The van der Waals surface area contributed by atoms with Crippen LogP contribution >= 0.6 is 0 Å². The van der Waals surface area contributed by atoms with Crippen molar-refractivity contribution < 1.29 is 17.9 Å². The standard InChI is InChI=1S/C32H42N8O4S/c1-8-27-23(18-36-40(27)29-11-9-10-14-35-29)24(33)19-39(34)28-15-21(13-12-20(28)2)31(41)37-25-16-22(32(3,4)5)17-26(30(25)44-6)38-45(7,42)43/h9-17,19,36,38H,8,18,33-34H2,1-7H3,(H,37,41)/b24-19-. The third-order valence-corrected chi connectivity index (χ3v) is 7.91. The monoisotopic (exact) mass is 634 g/mol. The van der Waals surface area contributed by atoms with Gasteiger partial charge in [0.05, 0.1) is 36.1 Å². The van der Waals surface area contributed by atoms with E-state index in [4.69, 9.17) is 16.3 Å². The third-order valence-electron chi connectivity index (χ3n) is 7.32. The number of nitrogens with one attached hydrogen (secondary N) is 3. The smallest absolute Gasteiger partial charge is 0.255 e. The molecule has 0 fully saturated rings. The molecule has 0 saturated carbocycles. The molecular weight excluding hydrogens is 592 g/mol. The van der Waals surface area contributed by atoms with Gasteiger partial charge in [-0.05, 0) is 66.3 Å². The Morgan fingerprint density at radius 2 is 1.89 bits per heavy atom. The number of amides is 1. The van der Waals surface area contributed by atoms with E-state index >= 15 is 0 Å². The lowest BCUT2D eigenvalue weighted by molar-refractivity contribution is 0.102. The average molecular weight is 635 g/mol. The number of hydrogen-bond acceptors (Lipinski definition) is 10. The number of aromatic nitrogens is 1. The largest absolute Gasteiger partial charge is 0.492 e. The number of carbonyl (C=O) groups is 1. The first-order chi connectivity index (χ1) is 21.1. The summed E-state index contributed by atoms with van der Waals surface area (Å²) in [6.45, 7) is 10.4. The molecule has 0 bridgehead atoms. The number of carbonyl (C=O) groups excluding carboxylic acids is 1. The number of pyridine rings is 1. The third kappa shape index (κ3) is 7.74. The molecule has 0 unspecified atom stereocenters. The van der Waals surface area contributed by atoms with Gasteiger partial charge in [-0.3, -0.25) is 19.5 Å². The van der Waals surface area contributed by atoms with Crippen molar-refractivity contribution in [1.82, 2.24) is 10.4 Å². The second kappa shape index (κ2) is 13.2. The summed E-state index contributed by atoms with van der Waals surface area (Å²) >= 11 is 0. The first kappa shape index (κ1) is 33.3. The summed E-state index contributed by atoms with van der Waals surface area (Å²) in [6, 6.07) is 14.3. The van der Waals surface area contributed by atoms with Gasteiger partial charge >= 0.3 is 0 Å². The fourth-order valence-corrected chi connectivity index (χ4v) is 5.56. The molecule has 3 aromatic rings. The van der Waals surface area contributed by atoms with Crippen molar-refractivity contribution in [3.8, 4) is 5.75 Å². The molecule has 4 rings (SSSR count). The molecule has 1 aliphatic heterocycles. The number of hydrogen-bond donors (Lipinski definition) is 5. The summed E-state index contributed by atoms with van der Waals surface area (Å²) < 4.78 is 32.2. The Balaban J connectivity index is 1.65. The molecule has 45 heavy (non-hydrogen) atoms. The topological polar surface area (TPSA) is 168 Å². The molecule has 1 aromatic heterocycles. The molecule has 0 spiro atoms. The van der Waals surface area contributed by atoms with Crippen LogP contribution < -0.4 is 41.8 Å². The molecule has 13 heteroatoms. The Morgan fingerprint density at radius 3 is 2.49 bits per heavy atom. The van der Waals surface area contributed by atoms with Gasteiger partial charge in [-0.15, -0.1) is 0 Å². The van der Waals surface area contributed by atoms with E-state index in [9.17, 15) is 13.2 Å². The molecule has 1 amide bonds. The number of hydrazine groups is 2. The van der Waals surface area contributed by atoms with Crippen LogP contribution in [0.25, 0.3) is 0 Å². The van der Waals surface area contributed by atoms with Gasteiger partial charge < -0.3 is 15.8 Å². The lowest BCUT2D eigenvalue weighted by Gasteiger charge is -2.24. The van der Waals surface area contributed by atoms with Crippen molar-refractivity contribution in [2.45, 2.75) is 46.5 Å². The number of nitrogens with two attached hydrogens (primary N) is 2. The Labute approximate surface area is 265 Å². The van der Waals surface area contributed by atoms with E-state index < -0.39 is 15.9 Å². The first-order valence-corrected chi connectivity index (χ1v) is 16.3. The van der Waals surface area contributed by atoms with Crippen molar-refractivity contribution in [2.24, 2.45) is 11.6 Å². The minimum atomic E-state index is -3.62. The molecule has 0 aliphatic carbocycles. The number of sulfonamides is 1. The van der Waals surface area contributed by atoms with Crippen molar-refractivity contribution in [3.05, 3.63) is 94.6 Å². The van der Waals surface area contributed by atoms with E-state index in [2.05, 4.69) is 20.4 Å². The molecule has 0 saturated heterocycles. The van der Waals surface area contributed by atoms with E-state index in [-0.39, 0.29) is 16.9 Å². The van der Waals surface area contributed by atoms with Crippen molar-refractivity contribution in [2.75, 3.05) is 40.0 Å². The number of rotatable bonds is 10. The van der Waals surface area contributed by atoms with Crippen LogP contribution in [0.15, 0.2) is 77.9 Å². The zero-order chi connectivity index (χ0) is 33.1. The molecule has 12 nitrogen and oxygen atoms in total. The fraction of sp³-hybridized carbons (Fsp3) is 0.312. The highest BCUT2D eigenvalue weighted by atomic mass is 32.2. The zero-order valence-electron chi connectivity index (χ0n) is 26.7. The summed E-state index contributed by atoms with van der Waals surface area (Å²) in [6.07, 6.45) is 5.14. The zero-order valence-corrected chi connectivity index (χ0v) is 27.5. The number of ether oxygens (including phenoxy) is 1. The predicted molar refractivity (Wildman–Crippen MR) is 180 cm³/mol. The van der Waals surface area contributed by atoms with Crippen LogP contribution in [0, 0.1) is 6.92 Å². The highest BCUT2D eigenvalue weighted by Crippen LogP contribution is 2.39. The number of nitrogens with zero attached hydrogens (tertiary/aromatic N) is 3. The molecule has 2 heterocycles. The molecule has 1 aliphatic rings. The van der Waals surface area contributed by atoms with E-state index in [1.54, 1.807) is 42.7 Å². The number of allylic oxidation sites excluding steroid dienone is 1. The second-order valence-electron chi connectivity index (χ2n) is 11.8. The van der Waals surface area contributed by atoms with Gasteiger partial charge in [-0.2, -0.15) is 0 Å². The molecule has 240 valence electrons. The van der Waals surface area contributed by atoms with Crippen molar-refractivity contribution >= 4 is 38.8 Å². The molecule has 0 radical (unpaired) electrons. The summed E-state index contributed by atoms with van der Waals surface area (Å²) in [7, 11) is -2.21. The fourth-order valence-electron chi connectivity index (χ4n) is 5.01. The van der Waals surface area contributed by atoms with Gasteiger partial charge in [0.1, 0.15) is 5.82 Å². The van der Waals surface area contributed by atoms with Crippen LogP contribution in [-0.2, 0) is 15.4 Å². The number of anilines is 4. The molecule has 2 aromatic carbocycles. The SMILES string of the molecule is CCC1=C(/C(N)=C/N(N)c2cc(C(=O)Nc3cc(C(C)(C)C)cc(NS(C)(=O)=O)c3OC)ccc2C)CNN1c1ccccn1. The number of aryl methyl sites for hydroxylation is 1. The highest BCUT2D eigenvalue weighted by molar-refractivity contribution is 7.92. The number of benzene rings is 2. The summed E-state index contributed by atoms with van der Waals surface area (Å²) in [5.41, 5.74) is 15.0. The normalized spacial score (nSPS) is 14.0. The Morgan fingerprint density at radius 1 is 1.18 bits per heavy atom. The second-order valence-corrected chi connectivity index (χ2v) is 13.6. The van der Waals surface area contributed by atoms with Crippen molar-refractivity contribution in [3.63, 3.8) is 0 Å². The molecule has 0 atom stereocenters. The minimum absolute atomic E-state index is 0.190. The average Bonchev–Trinajstić information content (AvgIpc) is 3.41. The highest BCUT2D eigenvalue weighted by Gasteiger charge is 2.25. The van der Waals surface area contributed by atoms with Crippen LogP contribution in [0.3, 0.4) is 0 Å². The maximum atomic E-state index is 13.6. The van der Waals surface area contributed by atoms with Crippen molar-refractivity contribution in [1.29, 1.82) is 0 Å². The van der Waals surface area contributed by atoms with Crippen LogP contribution in [0.4, 0.5) is 22.9 Å². The van der Waals surface area contributed by atoms with Gasteiger partial charge in [0.25, 0.3) is 5.91 Å². The van der Waals surface area contributed by atoms with E-state index in [0.29, 0.717) is 35.6 Å². The Hall–Kier alpha value is -4.59. The van der Waals surface area contributed by atoms with Gasteiger partial charge in [0.15, 0.2) is 5.75 Å². The molecular formula is C32H42N8O4S. The van der Waals surface area contributed by atoms with Gasteiger partial charge in [-0.1, -0.05) is 39.8 Å². The maximum absolute atomic E-state index is 13.6. The van der Waals surface area contributed by atoms with Gasteiger partial charge in [-0.25, -0.2) is 24.7 Å². The van der Waals surface area contributed by atoms with E-state index in [1.165, 1.54) is 12.1 Å². The van der Waals surface area contributed by atoms with E-state index in [1.807, 2.05) is 57.8 Å². The summed E-state index contributed by atoms with van der Waals surface area (Å²) in [4.78, 5) is 18.0. The van der Waals surface area contributed by atoms with Crippen LogP contribution in [0.5, 0.6) is 5.75 Å². The summed E-state index contributed by atoms with van der Waals surface area (Å²) in [5.74, 6) is 7.02. The van der Waals surface area contributed by atoms with E-state index in [0.717, 1.165) is 34.5 Å². The minimum Gasteiger partial charge on any atom is -0.492 e. The van der Waals surface area contributed by atoms with Gasteiger partial charge in [0.2, 0.25) is 10.0 Å². The summed E-state index contributed by atoms with van der Waals surface area (Å²) in [5, 5.41) is 6.22. The maximum Gasteiger partial charge on any atom is 0.255 e. The lowest BCUT2D eigenvalue weighted by atomic mass is 9.86. The van der Waals surface area contributed by atoms with Crippen LogP contribution in [-0.4, -0.2) is 39.2 Å². The Kier molecular flexibility index (Phi) is 9.76. The first-order valence-electron chi connectivity index (χ1n) is 14.4. The predicted octanol–water partition coefficient (Wildman–Crippen LogP) is 4.49. The molecule has 7 N–H and O–H groups in total. The Bertz CT molecular complexity index is 1750.